The summed E-state index contributed by atoms with van der Waals surface area (Å²) < 4.78 is 22.3. The van der Waals surface area contributed by atoms with Crippen LogP contribution in [0, 0.1) is 21.4 Å². The number of nitro benzene ring substituents is 1. The molecule has 1 N–H and O–H groups in total. The Morgan fingerprint density at radius 1 is 1.53 bits per heavy atom. The summed E-state index contributed by atoms with van der Waals surface area (Å²) >= 11 is 0. The van der Waals surface area contributed by atoms with Gasteiger partial charge in [-0.05, 0) is 19.1 Å². The molecular formula is C11H13N3O4S. The Morgan fingerprint density at radius 3 is 2.63 bits per heavy atom. The van der Waals surface area contributed by atoms with Crippen LogP contribution in [0.15, 0.2) is 18.2 Å². The zero-order valence-electron chi connectivity index (χ0n) is 10.5. The SMILES string of the molecule is CC(CS(C)(=O)=O)Nc1ccc(C#N)cc1[N+](=O)[O-]. The molecule has 0 aliphatic rings. The molecule has 8 heteroatoms. The highest BCUT2D eigenvalue weighted by molar-refractivity contribution is 7.90. The average Bonchev–Trinajstić information content (AvgIpc) is 2.26. The summed E-state index contributed by atoms with van der Waals surface area (Å²) in [5.41, 5.74) is 0.118. The van der Waals surface area contributed by atoms with Gasteiger partial charge in [0.2, 0.25) is 0 Å². The monoisotopic (exact) mass is 283 g/mol. The molecule has 0 aromatic heterocycles. The number of nitriles is 1. The van der Waals surface area contributed by atoms with Crippen LogP contribution in [0.4, 0.5) is 11.4 Å². The Kier molecular flexibility index (Phi) is 4.45. The Balaban J connectivity index is 3.01. The van der Waals surface area contributed by atoms with Crippen molar-refractivity contribution in [2.24, 2.45) is 0 Å². The molecular weight excluding hydrogens is 270 g/mol. The Labute approximate surface area is 110 Å². The molecule has 7 nitrogen and oxygen atoms in total. The summed E-state index contributed by atoms with van der Waals surface area (Å²) in [6.07, 6.45) is 1.10. The highest BCUT2D eigenvalue weighted by Crippen LogP contribution is 2.26. The third kappa shape index (κ3) is 4.56. The van der Waals surface area contributed by atoms with Crippen molar-refractivity contribution < 1.29 is 13.3 Å². The number of nitrogens with one attached hydrogen (secondary N) is 1. The van der Waals surface area contributed by atoms with Crippen LogP contribution < -0.4 is 5.32 Å². The van der Waals surface area contributed by atoms with E-state index in [-0.39, 0.29) is 22.7 Å². The first-order valence-corrected chi connectivity index (χ1v) is 7.42. The molecule has 1 aromatic rings. The molecule has 102 valence electrons. The topological polar surface area (TPSA) is 113 Å². The fourth-order valence-electron chi connectivity index (χ4n) is 1.64. The van der Waals surface area contributed by atoms with Gasteiger partial charge in [-0.2, -0.15) is 5.26 Å². The van der Waals surface area contributed by atoms with Crippen molar-refractivity contribution in [2.45, 2.75) is 13.0 Å². The van der Waals surface area contributed by atoms with Crippen LogP contribution in [-0.4, -0.2) is 31.4 Å². The van der Waals surface area contributed by atoms with E-state index >= 15 is 0 Å². The second-order valence-corrected chi connectivity index (χ2v) is 6.42. The zero-order valence-corrected chi connectivity index (χ0v) is 11.3. The molecule has 0 spiro atoms. The normalized spacial score (nSPS) is 12.5. The van der Waals surface area contributed by atoms with Crippen LogP contribution in [0.2, 0.25) is 0 Å². The molecule has 19 heavy (non-hydrogen) atoms. The van der Waals surface area contributed by atoms with Gasteiger partial charge in [-0.1, -0.05) is 0 Å². The van der Waals surface area contributed by atoms with E-state index in [9.17, 15) is 18.5 Å². The van der Waals surface area contributed by atoms with Crippen molar-refractivity contribution in [1.82, 2.24) is 0 Å². The molecule has 1 rings (SSSR count). The van der Waals surface area contributed by atoms with Crippen molar-refractivity contribution in [3.05, 3.63) is 33.9 Å². The molecule has 0 saturated carbocycles. The second kappa shape index (κ2) is 5.67. The average molecular weight is 283 g/mol. The first kappa shape index (κ1) is 14.9. The van der Waals surface area contributed by atoms with Crippen molar-refractivity contribution >= 4 is 21.2 Å². The van der Waals surface area contributed by atoms with Gasteiger partial charge < -0.3 is 5.32 Å². The van der Waals surface area contributed by atoms with E-state index in [1.807, 2.05) is 6.07 Å². The number of hydrogen-bond acceptors (Lipinski definition) is 6. The van der Waals surface area contributed by atoms with Crippen LogP contribution >= 0.6 is 0 Å². The quantitative estimate of drug-likeness (QED) is 0.643. The third-order valence-corrected chi connectivity index (χ3v) is 3.38. The Morgan fingerprint density at radius 2 is 2.16 bits per heavy atom. The maximum Gasteiger partial charge on any atom is 0.293 e. The predicted molar refractivity (Wildman–Crippen MR) is 70.6 cm³/mol. The van der Waals surface area contributed by atoms with Crippen molar-refractivity contribution in [1.29, 1.82) is 5.26 Å². The highest BCUT2D eigenvalue weighted by atomic mass is 32.2. The molecule has 0 saturated heterocycles. The number of benzene rings is 1. The van der Waals surface area contributed by atoms with E-state index in [4.69, 9.17) is 5.26 Å². The van der Waals surface area contributed by atoms with Gasteiger partial charge in [0.05, 0.1) is 22.3 Å². The number of anilines is 1. The molecule has 1 atom stereocenters. The number of nitro groups is 1. The summed E-state index contributed by atoms with van der Waals surface area (Å²) in [6.45, 7) is 1.61. The lowest BCUT2D eigenvalue weighted by atomic mass is 10.2. The van der Waals surface area contributed by atoms with Gasteiger partial charge in [-0.25, -0.2) is 8.42 Å². The predicted octanol–water partition coefficient (Wildman–Crippen LogP) is 1.31. The maximum absolute atomic E-state index is 11.1. The molecule has 0 heterocycles. The van der Waals surface area contributed by atoms with Crippen LogP contribution in [-0.2, 0) is 9.84 Å². The largest absolute Gasteiger partial charge is 0.376 e. The molecule has 0 amide bonds. The Hall–Kier alpha value is -2.14. The summed E-state index contributed by atoms with van der Waals surface area (Å²) in [6, 6.07) is 5.32. The molecule has 1 unspecified atom stereocenters. The first-order valence-electron chi connectivity index (χ1n) is 5.35. The number of sulfone groups is 1. The lowest BCUT2D eigenvalue weighted by Crippen LogP contribution is -2.25. The molecule has 0 aliphatic carbocycles. The van der Waals surface area contributed by atoms with Crippen LogP contribution in [0.1, 0.15) is 12.5 Å². The van der Waals surface area contributed by atoms with Crippen molar-refractivity contribution in [2.75, 3.05) is 17.3 Å². The zero-order chi connectivity index (χ0) is 14.6. The summed E-state index contributed by atoms with van der Waals surface area (Å²) in [5.74, 6) is -0.135. The van der Waals surface area contributed by atoms with E-state index in [0.29, 0.717) is 0 Å². The summed E-state index contributed by atoms with van der Waals surface area (Å²) in [7, 11) is -3.17. The molecule has 0 aliphatic heterocycles. The van der Waals surface area contributed by atoms with E-state index in [2.05, 4.69) is 5.32 Å². The lowest BCUT2D eigenvalue weighted by molar-refractivity contribution is -0.384. The molecule has 0 bridgehead atoms. The minimum atomic E-state index is -3.17. The summed E-state index contributed by atoms with van der Waals surface area (Å²) in [5, 5.41) is 22.4. The van der Waals surface area contributed by atoms with Crippen molar-refractivity contribution in [3.63, 3.8) is 0 Å². The minimum Gasteiger partial charge on any atom is -0.376 e. The third-order valence-electron chi connectivity index (χ3n) is 2.28. The smallest absolute Gasteiger partial charge is 0.293 e. The van der Waals surface area contributed by atoms with Gasteiger partial charge in [-0.3, -0.25) is 10.1 Å². The fourth-order valence-corrected chi connectivity index (χ4v) is 2.63. The highest BCUT2D eigenvalue weighted by Gasteiger charge is 2.18. The number of nitrogens with zero attached hydrogens (tertiary/aromatic N) is 2. The van der Waals surface area contributed by atoms with E-state index in [0.717, 1.165) is 12.3 Å². The molecule has 0 radical (unpaired) electrons. The maximum atomic E-state index is 11.1. The van der Waals surface area contributed by atoms with Crippen molar-refractivity contribution in [3.8, 4) is 6.07 Å². The fraction of sp³-hybridized carbons (Fsp3) is 0.364. The van der Waals surface area contributed by atoms with Crippen LogP contribution in [0.5, 0.6) is 0 Å². The Bertz CT molecular complexity index is 634. The molecule has 1 aromatic carbocycles. The standard InChI is InChI=1S/C11H13N3O4S/c1-8(7-19(2,17)18)13-10-4-3-9(6-12)5-11(10)14(15)16/h3-5,8,13H,7H2,1-2H3. The lowest BCUT2D eigenvalue weighted by Gasteiger charge is -2.14. The van der Waals surface area contributed by atoms with Gasteiger partial charge in [0.1, 0.15) is 15.5 Å². The van der Waals surface area contributed by atoms with E-state index in [1.54, 1.807) is 6.92 Å². The number of hydrogen-bond donors (Lipinski definition) is 1. The van der Waals surface area contributed by atoms with Gasteiger partial charge in [-0.15, -0.1) is 0 Å². The number of rotatable bonds is 5. The van der Waals surface area contributed by atoms with Gasteiger partial charge >= 0.3 is 0 Å². The van der Waals surface area contributed by atoms with Gasteiger partial charge in [0, 0.05) is 18.4 Å². The van der Waals surface area contributed by atoms with Crippen LogP contribution in [0.25, 0.3) is 0 Å². The van der Waals surface area contributed by atoms with E-state index < -0.39 is 20.8 Å². The van der Waals surface area contributed by atoms with E-state index in [1.165, 1.54) is 12.1 Å². The van der Waals surface area contributed by atoms with Crippen LogP contribution in [0.3, 0.4) is 0 Å². The first-order chi connectivity index (χ1) is 8.73. The second-order valence-electron chi connectivity index (χ2n) is 4.24. The van der Waals surface area contributed by atoms with Gasteiger partial charge in [0.15, 0.2) is 0 Å². The molecule has 0 fully saturated rings. The minimum absolute atomic E-state index is 0.135. The van der Waals surface area contributed by atoms with Gasteiger partial charge in [0.25, 0.3) is 5.69 Å². The summed E-state index contributed by atoms with van der Waals surface area (Å²) in [4.78, 5) is 10.3.